The molecule has 0 aliphatic rings. The van der Waals surface area contributed by atoms with E-state index < -0.39 is 0 Å². The fourth-order valence-electron chi connectivity index (χ4n) is 1.32. The normalized spacial score (nSPS) is 10.2. The van der Waals surface area contributed by atoms with Gasteiger partial charge < -0.3 is 9.74 Å². The molecule has 0 aliphatic carbocycles. The van der Waals surface area contributed by atoms with Crippen LogP contribution in [0.25, 0.3) is 0 Å². The molecule has 3 nitrogen and oxygen atoms in total. The summed E-state index contributed by atoms with van der Waals surface area (Å²) in [5.41, 5.74) is 2.55. The Morgan fingerprint density at radius 2 is 1.86 bits per heavy atom. The van der Waals surface area contributed by atoms with E-state index in [9.17, 15) is 0 Å². The summed E-state index contributed by atoms with van der Waals surface area (Å²) in [5.74, 6) is 4.95. The zero-order valence-electron chi connectivity index (χ0n) is 8.86. The summed E-state index contributed by atoms with van der Waals surface area (Å²) in [7, 11) is 4.08. The molecular weight excluding hydrogens is 176 g/mol. The van der Waals surface area contributed by atoms with E-state index in [1.165, 1.54) is 11.3 Å². The summed E-state index contributed by atoms with van der Waals surface area (Å²) in [4.78, 5) is 6.61. The van der Waals surface area contributed by atoms with Crippen LogP contribution in [0.5, 0.6) is 0 Å². The van der Waals surface area contributed by atoms with Crippen molar-refractivity contribution in [2.24, 2.45) is 5.90 Å². The first kappa shape index (κ1) is 11.0. The Hall–Kier alpha value is -1.06. The van der Waals surface area contributed by atoms with Crippen molar-refractivity contribution in [1.29, 1.82) is 0 Å². The number of aryl methyl sites for hydroxylation is 1. The SMILES string of the molecule is CN(C)c1ccc(CCCON)cc1. The van der Waals surface area contributed by atoms with Gasteiger partial charge in [-0.1, -0.05) is 12.1 Å². The minimum Gasteiger partial charge on any atom is -0.378 e. The molecule has 78 valence electrons. The van der Waals surface area contributed by atoms with Crippen molar-refractivity contribution in [1.82, 2.24) is 0 Å². The van der Waals surface area contributed by atoms with Crippen molar-refractivity contribution in [3.05, 3.63) is 29.8 Å². The maximum Gasteiger partial charge on any atom is 0.0682 e. The lowest BCUT2D eigenvalue weighted by molar-refractivity contribution is 0.135. The quantitative estimate of drug-likeness (QED) is 0.571. The first-order valence-corrected chi connectivity index (χ1v) is 4.82. The lowest BCUT2D eigenvalue weighted by Crippen LogP contribution is -2.08. The molecule has 0 amide bonds. The van der Waals surface area contributed by atoms with E-state index in [0.717, 1.165) is 12.8 Å². The zero-order chi connectivity index (χ0) is 10.4. The summed E-state index contributed by atoms with van der Waals surface area (Å²) in [6.45, 7) is 0.620. The molecule has 3 heteroatoms. The maximum atomic E-state index is 4.95. The zero-order valence-corrected chi connectivity index (χ0v) is 8.86. The minimum atomic E-state index is 0.620. The van der Waals surface area contributed by atoms with E-state index in [-0.39, 0.29) is 0 Å². The van der Waals surface area contributed by atoms with Crippen LogP contribution in [-0.2, 0) is 11.3 Å². The monoisotopic (exact) mass is 194 g/mol. The third kappa shape index (κ3) is 3.36. The van der Waals surface area contributed by atoms with E-state index in [1.54, 1.807) is 0 Å². The topological polar surface area (TPSA) is 38.5 Å². The third-order valence-electron chi connectivity index (χ3n) is 2.18. The fourth-order valence-corrected chi connectivity index (χ4v) is 1.32. The number of nitrogens with zero attached hydrogens (tertiary/aromatic N) is 1. The first-order chi connectivity index (χ1) is 6.74. The minimum absolute atomic E-state index is 0.620. The molecule has 0 saturated heterocycles. The molecule has 0 spiro atoms. The van der Waals surface area contributed by atoms with Crippen LogP contribution in [0.1, 0.15) is 12.0 Å². The maximum absolute atomic E-state index is 4.95. The highest BCUT2D eigenvalue weighted by atomic mass is 16.6. The van der Waals surface area contributed by atoms with Crippen molar-refractivity contribution in [2.45, 2.75) is 12.8 Å². The van der Waals surface area contributed by atoms with Gasteiger partial charge in [0.05, 0.1) is 6.61 Å². The van der Waals surface area contributed by atoms with Crippen LogP contribution in [0.15, 0.2) is 24.3 Å². The van der Waals surface area contributed by atoms with Gasteiger partial charge >= 0.3 is 0 Å². The van der Waals surface area contributed by atoms with E-state index >= 15 is 0 Å². The summed E-state index contributed by atoms with van der Waals surface area (Å²) < 4.78 is 0. The van der Waals surface area contributed by atoms with Crippen molar-refractivity contribution in [3.63, 3.8) is 0 Å². The van der Waals surface area contributed by atoms with Gasteiger partial charge in [-0.05, 0) is 30.5 Å². The summed E-state index contributed by atoms with van der Waals surface area (Å²) in [6, 6.07) is 8.54. The Morgan fingerprint density at radius 1 is 1.21 bits per heavy atom. The van der Waals surface area contributed by atoms with Crippen molar-refractivity contribution in [3.8, 4) is 0 Å². The van der Waals surface area contributed by atoms with E-state index in [1.807, 2.05) is 14.1 Å². The molecule has 14 heavy (non-hydrogen) atoms. The van der Waals surface area contributed by atoms with Crippen LogP contribution in [0, 0.1) is 0 Å². The van der Waals surface area contributed by atoms with Crippen LogP contribution in [-0.4, -0.2) is 20.7 Å². The van der Waals surface area contributed by atoms with Gasteiger partial charge in [-0.25, -0.2) is 5.90 Å². The summed E-state index contributed by atoms with van der Waals surface area (Å²) >= 11 is 0. The van der Waals surface area contributed by atoms with Gasteiger partial charge in [-0.15, -0.1) is 0 Å². The Balaban J connectivity index is 2.47. The lowest BCUT2D eigenvalue weighted by Gasteiger charge is -2.12. The second-order valence-electron chi connectivity index (χ2n) is 3.54. The highest BCUT2D eigenvalue weighted by molar-refractivity contribution is 5.45. The predicted molar refractivity (Wildman–Crippen MR) is 59.2 cm³/mol. The van der Waals surface area contributed by atoms with Gasteiger partial charge in [-0.3, -0.25) is 0 Å². The fraction of sp³-hybridized carbons (Fsp3) is 0.455. The number of nitrogens with two attached hydrogens (primary N) is 1. The van der Waals surface area contributed by atoms with Crippen molar-refractivity contribution >= 4 is 5.69 Å². The molecule has 0 saturated carbocycles. The number of rotatable bonds is 5. The van der Waals surface area contributed by atoms with E-state index in [2.05, 4.69) is 34.0 Å². The number of benzene rings is 1. The van der Waals surface area contributed by atoms with Gasteiger partial charge in [-0.2, -0.15) is 0 Å². The molecule has 0 unspecified atom stereocenters. The number of hydrogen-bond donors (Lipinski definition) is 1. The van der Waals surface area contributed by atoms with Crippen LogP contribution in [0.3, 0.4) is 0 Å². The Kier molecular flexibility index (Phi) is 4.43. The van der Waals surface area contributed by atoms with Gasteiger partial charge in [0.25, 0.3) is 0 Å². The second-order valence-corrected chi connectivity index (χ2v) is 3.54. The highest BCUT2D eigenvalue weighted by Crippen LogP contribution is 2.13. The smallest absolute Gasteiger partial charge is 0.0682 e. The van der Waals surface area contributed by atoms with E-state index in [4.69, 9.17) is 5.90 Å². The molecule has 1 aromatic carbocycles. The van der Waals surface area contributed by atoms with Crippen LogP contribution >= 0.6 is 0 Å². The average molecular weight is 194 g/mol. The van der Waals surface area contributed by atoms with Crippen LogP contribution < -0.4 is 10.8 Å². The molecule has 2 N–H and O–H groups in total. The molecular formula is C11H18N2O. The van der Waals surface area contributed by atoms with Crippen LogP contribution in [0.4, 0.5) is 5.69 Å². The standard InChI is InChI=1S/C11H18N2O/c1-13(2)11-7-5-10(6-8-11)4-3-9-14-12/h5-8H,3-4,9,12H2,1-2H3. The molecule has 0 fully saturated rings. The average Bonchev–Trinajstić information content (AvgIpc) is 2.19. The second kappa shape index (κ2) is 5.62. The van der Waals surface area contributed by atoms with Gasteiger partial charge in [0.1, 0.15) is 0 Å². The highest BCUT2D eigenvalue weighted by Gasteiger charge is 1.96. The summed E-state index contributed by atoms with van der Waals surface area (Å²) in [5, 5.41) is 0. The van der Waals surface area contributed by atoms with Crippen molar-refractivity contribution in [2.75, 3.05) is 25.6 Å². The number of hydrogen-bond acceptors (Lipinski definition) is 3. The molecule has 1 rings (SSSR count). The van der Waals surface area contributed by atoms with E-state index in [0.29, 0.717) is 6.61 Å². The summed E-state index contributed by atoms with van der Waals surface area (Å²) in [6.07, 6.45) is 1.99. The van der Waals surface area contributed by atoms with Gasteiger partial charge in [0.15, 0.2) is 0 Å². The van der Waals surface area contributed by atoms with Crippen molar-refractivity contribution < 1.29 is 4.84 Å². The third-order valence-corrected chi connectivity index (χ3v) is 2.18. The molecule has 0 aromatic heterocycles. The molecule has 1 aromatic rings. The van der Waals surface area contributed by atoms with Gasteiger partial charge in [0.2, 0.25) is 0 Å². The molecule has 0 aliphatic heterocycles. The van der Waals surface area contributed by atoms with Crippen LogP contribution in [0.2, 0.25) is 0 Å². The largest absolute Gasteiger partial charge is 0.378 e. The lowest BCUT2D eigenvalue weighted by atomic mass is 10.1. The Labute approximate surface area is 85.4 Å². The predicted octanol–water partition coefficient (Wildman–Crippen LogP) is 1.58. The molecule has 0 atom stereocenters. The van der Waals surface area contributed by atoms with Gasteiger partial charge in [0, 0.05) is 19.8 Å². The Morgan fingerprint density at radius 3 is 2.36 bits per heavy atom. The number of anilines is 1. The molecule has 0 bridgehead atoms. The Bertz CT molecular complexity index is 256. The first-order valence-electron chi connectivity index (χ1n) is 4.82. The molecule has 0 heterocycles. The molecule has 0 radical (unpaired) electrons.